The van der Waals surface area contributed by atoms with E-state index in [-0.39, 0.29) is 0 Å². The lowest BCUT2D eigenvalue weighted by molar-refractivity contribution is 0.249. The van der Waals surface area contributed by atoms with Crippen molar-refractivity contribution in [3.05, 3.63) is 42.5 Å². The molecule has 24 heavy (non-hydrogen) atoms. The lowest BCUT2D eigenvalue weighted by atomic mass is 10.2. The molecule has 2 fully saturated rings. The minimum Gasteiger partial charge on any atom is -0.356 e. The highest BCUT2D eigenvalue weighted by Gasteiger charge is 2.20. The first-order chi connectivity index (χ1) is 11.9. The van der Waals surface area contributed by atoms with Crippen molar-refractivity contribution in [2.24, 2.45) is 0 Å². The molecule has 0 saturated carbocycles. The Morgan fingerprint density at radius 3 is 2.25 bits per heavy atom. The lowest BCUT2D eigenvalue weighted by Gasteiger charge is -2.35. The molecular formula is C18H24N6. The number of aromatic nitrogens is 3. The molecule has 0 bridgehead atoms. The van der Waals surface area contributed by atoms with Crippen LogP contribution in [0.2, 0.25) is 0 Å². The van der Waals surface area contributed by atoms with Crippen LogP contribution in [0.25, 0.3) is 0 Å². The third-order valence-corrected chi connectivity index (χ3v) is 4.89. The van der Waals surface area contributed by atoms with E-state index in [1.165, 1.54) is 18.4 Å². The van der Waals surface area contributed by atoms with Gasteiger partial charge in [0.05, 0.1) is 0 Å². The number of hydrogen-bond donors (Lipinski definition) is 0. The fraction of sp³-hybridized carbons (Fsp3) is 0.500. The normalized spacial score (nSPS) is 19.0. The van der Waals surface area contributed by atoms with E-state index in [4.69, 9.17) is 0 Å². The molecule has 2 aliphatic rings. The number of pyridine rings is 1. The van der Waals surface area contributed by atoms with Gasteiger partial charge < -0.3 is 9.80 Å². The first-order valence-electron chi connectivity index (χ1n) is 8.82. The zero-order chi connectivity index (χ0) is 16.2. The molecule has 0 aliphatic carbocycles. The van der Waals surface area contributed by atoms with Crippen molar-refractivity contribution in [3.63, 3.8) is 0 Å². The number of hydrogen-bond acceptors (Lipinski definition) is 6. The van der Waals surface area contributed by atoms with Gasteiger partial charge in [0.15, 0.2) is 0 Å². The summed E-state index contributed by atoms with van der Waals surface area (Å²) >= 11 is 0. The van der Waals surface area contributed by atoms with Crippen molar-refractivity contribution in [2.75, 3.05) is 49.1 Å². The molecule has 126 valence electrons. The van der Waals surface area contributed by atoms with E-state index in [9.17, 15) is 0 Å². The molecule has 2 aromatic heterocycles. The van der Waals surface area contributed by atoms with Crippen molar-refractivity contribution in [1.82, 2.24) is 19.9 Å². The minimum absolute atomic E-state index is 0.977. The first kappa shape index (κ1) is 15.3. The van der Waals surface area contributed by atoms with Gasteiger partial charge in [-0.15, -0.1) is 0 Å². The standard InChI is InChI=1S/C18H24N6/c1-2-7-23(6-1)17-12-18(21-15-20-17)24-10-8-22(9-11-24)14-16-4-3-5-19-13-16/h3-5,12-13,15H,1-2,6-11,14H2. The summed E-state index contributed by atoms with van der Waals surface area (Å²) in [6.45, 7) is 7.35. The summed E-state index contributed by atoms with van der Waals surface area (Å²) in [5, 5.41) is 0. The smallest absolute Gasteiger partial charge is 0.134 e. The quantitative estimate of drug-likeness (QED) is 0.855. The molecule has 0 atom stereocenters. The van der Waals surface area contributed by atoms with Gasteiger partial charge >= 0.3 is 0 Å². The van der Waals surface area contributed by atoms with Crippen LogP contribution in [0.15, 0.2) is 36.9 Å². The molecule has 0 radical (unpaired) electrons. The van der Waals surface area contributed by atoms with Crippen LogP contribution >= 0.6 is 0 Å². The summed E-state index contributed by atoms with van der Waals surface area (Å²) in [4.78, 5) is 20.4. The molecule has 4 heterocycles. The fourth-order valence-electron chi connectivity index (χ4n) is 3.51. The monoisotopic (exact) mass is 324 g/mol. The maximum absolute atomic E-state index is 4.50. The van der Waals surface area contributed by atoms with Gasteiger partial charge in [0.25, 0.3) is 0 Å². The molecule has 2 saturated heterocycles. The molecule has 6 nitrogen and oxygen atoms in total. The summed E-state index contributed by atoms with van der Waals surface area (Å²) in [7, 11) is 0. The SMILES string of the molecule is c1cncc(CN2CCN(c3cc(N4CCCC4)ncn3)CC2)c1. The Morgan fingerprint density at radius 1 is 0.875 bits per heavy atom. The van der Waals surface area contributed by atoms with E-state index in [1.54, 1.807) is 6.33 Å². The highest BCUT2D eigenvalue weighted by atomic mass is 15.3. The van der Waals surface area contributed by atoms with E-state index in [0.717, 1.165) is 57.4 Å². The number of nitrogens with zero attached hydrogens (tertiary/aromatic N) is 6. The molecule has 6 heteroatoms. The highest BCUT2D eigenvalue weighted by Crippen LogP contribution is 2.22. The average molecular weight is 324 g/mol. The van der Waals surface area contributed by atoms with Gasteiger partial charge in [-0.25, -0.2) is 9.97 Å². The third-order valence-electron chi connectivity index (χ3n) is 4.89. The van der Waals surface area contributed by atoms with E-state index in [0.29, 0.717) is 0 Å². The number of rotatable bonds is 4. The molecular weight excluding hydrogens is 300 g/mol. The van der Waals surface area contributed by atoms with Crippen LogP contribution in [0, 0.1) is 0 Å². The van der Waals surface area contributed by atoms with Crippen molar-refractivity contribution in [1.29, 1.82) is 0 Å². The van der Waals surface area contributed by atoms with Gasteiger partial charge in [-0.3, -0.25) is 9.88 Å². The highest BCUT2D eigenvalue weighted by molar-refractivity contribution is 5.50. The van der Waals surface area contributed by atoms with E-state index in [1.807, 2.05) is 18.5 Å². The predicted octanol–water partition coefficient (Wildman–Crippen LogP) is 1.79. The number of anilines is 2. The van der Waals surface area contributed by atoms with Crippen LogP contribution in [0.1, 0.15) is 18.4 Å². The second-order valence-electron chi connectivity index (χ2n) is 6.55. The Bertz CT molecular complexity index is 648. The summed E-state index contributed by atoms with van der Waals surface area (Å²) in [6.07, 6.45) is 8.04. The Balaban J connectivity index is 1.36. The third kappa shape index (κ3) is 3.48. The largest absolute Gasteiger partial charge is 0.356 e. The van der Waals surface area contributed by atoms with Gasteiger partial charge in [-0.2, -0.15) is 0 Å². The summed E-state index contributed by atoms with van der Waals surface area (Å²) in [5.74, 6) is 2.14. The summed E-state index contributed by atoms with van der Waals surface area (Å²) in [5.41, 5.74) is 1.28. The predicted molar refractivity (Wildman–Crippen MR) is 95.2 cm³/mol. The van der Waals surface area contributed by atoms with Crippen molar-refractivity contribution >= 4 is 11.6 Å². The zero-order valence-electron chi connectivity index (χ0n) is 14.0. The van der Waals surface area contributed by atoms with E-state index in [2.05, 4.69) is 41.8 Å². The van der Waals surface area contributed by atoms with Crippen LogP contribution in [0.5, 0.6) is 0 Å². The van der Waals surface area contributed by atoms with Crippen LogP contribution < -0.4 is 9.80 Å². The van der Waals surface area contributed by atoms with Crippen molar-refractivity contribution < 1.29 is 0 Å². The number of piperazine rings is 1. The Hall–Kier alpha value is -2.21. The van der Waals surface area contributed by atoms with Crippen molar-refractivity contribution in [2.45, 2.75) is 19.4 Å². The van der Waals surface area contributed by atoms with Gasteiger partial charge in [0.1, 0.15) is 18.0 Å². The molecule has 0 N–H and O–H groups in total. The zero-order valence-corrected chi connectivity index (χ0v) is 14.0. The van der Waals surface area contributed by atoms with Crippen LogP contribution in [0.4, 0.5) is 11.6 Å². The van der Waals surface area contributed by atoms with Crippen LogP contribution in [-0.2, 0) is 6.54 Å². The Morgan fingerprint density at radius 2 is 1.58 bits per heavy atom. The van der Waals surface area contributed by atoms with E-state index < -0.39 is 0 Å². The summed E-state index contributed by atoms with van der Waals surface area (Å²) < 4.78 is 0. The first-order valence-corrected chi connectivity index (χ1v) is 8.82. The van der Waals surface area contributed by atoms with Gasteiger partial charge in [0.2, 0.25) is 0 Å². The molecule has 0 aromatic carbocycles. The van der Waals surface area contributed by atoms with Gasteiger partial charge in [0, 0.05) is 64.3 Å². The molecule has 2 aromatic rings. The maximum Gasteiger partial charge on any atom is 0.134 e. The molecule has 0 spiro atoms. The van der Waals surface area contributed by atoms with Crippen LogP contribution in [-0.4, -0.2) is 59.1 Å². The fourth-order valence-corrected chi connectivity index (χ4v) is 3.51. The maximum atomic E-state index is 4.50. The Labute approximate surface area is 143 Å². The second kappa shape index (κ2) is 7.13. The lowest BCUT2D eigenvalue weighted by Crippen LogP contribution is -2.46. The molecule has 4 rings (SSSR count). The Kier molecular flexibility index (Phi) is 4.55. The molecule has 0 amide bonds. The van der Waals surface area contributed by atoms with Gasteiger partial charge in [-0.05, 0) is 24.5 Å². The minimum atomic E-state index is 0.977. The average Bonchev–Trinajstić information content (AvgIpc) is 3.18. The van der Waals surface area contributed by atoms with E-state index >= 15 is 0 Å². The topological polar surface area (TPSA) is 48.4 Å². The molecule has 2 aliphatic heterocycles. The van der Waals surface area contributed by atoms with Gasteiger partial charge in [-0.1, -0.05) is 6.07 Å². The molecule has 0 unspecified atom stereocenters. The summed E-state index contributed by atoms with van der Waals surface area (Å²) in [6, 6.07) is 6.31. The second-order valence-corrected chi connectivity index (χ2v) is 6.55. The van der Waals surface area contributed by atoms with Crippen LogP contribution in [0.3, 0.4) is 0 Å². The van der Waals surface area contributed by atoms with Crippen molar-refractivity contribution in [3.8, 4) is 0 Å².